The lowest BCUT2D eigenvalue weighted by Crippen LogP contribution is -2.11. The number of aromatic nitrogens is 2. The molecule has 0 aliphatic heterocycles. The number of rotatable bonds is 8. The number of anilines is 2. The molecule has 0 amide bonds. The maximum Gasteiger partial charge on any atom is 0.225 e. The molecule has 0 bridgehead atoms. The molecule has 0 atom stereocenters. The van der Waals surface area contributed by atoms with Crippen molar-refractivity contribution >= 4 is 11.8 Å². The van der Waals surface area contributed by atoms with Crippen LogP contribution in [0, 0.1) is 5.82 Å². The molecule has 0 saturated carbocycles. The van der Waals surface area contributed by atoms with E-state index in [1.54, 1.807) is 12.1 Å². The van der Waals surface area contributed by atoms with Crippen LogP contribution in [0.5, 0.6) is 0 Å². The zero-order valence-corrected chi connectivity index (χ0v) is 14.9. The van der Waals surface area contributed by atoms with Crippen LogP contribution in [0.4, 0.5) is 16.2 Å². The molecular formula is C21H23FN4. The minimum absolute atomic E-state index is 0.216. The molecule has 4 nitrogen and oxygen atoms in total. The van der Waals surface area contributed by atoms with Crippen LogP contribution in [0.15, 0.2) is 60.7 Å². The van der Waals surface area contributed by atoms with E-state index in [2.05, 4.69) is 27.5 Å². The molecule has 2 N–H and O–H groups in total. The highest BCUT2D eigenvalue weighted by Crippen LogP contribution is 2.21. The van der Waals surface area contributed by atoms with Gasteiger partial charge in [-0.05, 0) is 30.5 Å². The van der Waals surface area contributed by atoms with Crippen molar-refractivity contribution < 1.29 is 4.39 Å². The van der Waals surface area contributed by atoms with Gasteiger partial charge in [-0.1, -0.05) is 49.4 Å². The van der Waals surface area contributed by atoms with Crippen molar-refractivity contribution in [1.82, 2.24) is 9.97 Å². The number of benzene rings is 2. The van der Waals surface area contributed by atoms with E-state index in [-0.39, 0.29) is 5.82 Å². The Morgan fingerprint density at radius 2 is 1.65 bits per heavy atom. The normalized spacial score (nSPS) is 10.5. The van der Waals surface area contributed by atoms with Gasteiger partial charge in [0.25, 0.3) is 0 Å². The first kappa shape index (κ1) is 17.9. The van der Waals surface area contributed by atoms with Crippen LogP contribution in [0.1, 0.15) is 18.9 Å². The lowest BCUT2D eigenvalue weighted by Gasteiger charge is -2.11. The molecule has 0 spiro atoms. The Morgan fingerprint density at radius 1 is 0.885 bits per heavy atom. The topological polar surface area (TPSA) is 49.8 Å². The Hall–Kier alpha value is -2.95. The average Bonchev–Trinajstić information content (AvgIpc) is 2.68. The van der Waals surface area contributed by atoms with Gasteiger partial charge in [-0.2, -0.15) is 4.98 Å². The summed E-state index contributed by atoms with van der Waals surface area (Å²) < 4.78 is 13.0. The number of halogens is 1. The van der Waals surface area contributed by atoms with Gasteiger partial charge in [-0.15, -0.1) is 0 Å². The molecule has 0 radical (unpaired) electrons. The van der Waals surface area contributed by atoms with Crippen molar-refractivity contribution in [2.24, 2.45) is 0 Å². The zero-order chi connectivity index (χ0) is 18.2. The molecule has 0 unspecified atom stereocenters. The number of hydrogen-bond acceptors (Lipinski definition) is 4. The van der Waals surface area contributed by atoms with E-state index in [0.717, 1.165) is 42.0 Å². The summed E-state index contributed by atoms with van der Waals surface area (Å²) in [5, 5.41) is 6.61. The Kier molecular flexibility index (Phi) is 6.14. The third-order valence-corrected chi connectivity index (χ3v) is 3.96. The van der Waals surface area contributed by atoms with Gasteiger partial charge in [0.1, 0.15) is 11.6 Å². The van der Waals surface area contributed by atoms with E-state index in [1.165, 1.54) is 12.1 Å². The first-order valence-electron chi connectivity index (χ1n) is 8.91. The van der Waals surface area contributed by atoms with Crippen molar-refractivity contribution in [3.05, 3.63) is 72.0 Å². The van der Waals surface area contributed by atoms with E-state index < -0.39 is 0 Å². The Balaban J connectivity index is 1.73. The molecular weight excluding hydrogens is 327 g/mol. The molecule has 1 aromatic heterocycles. The van der Waals surface area contributed by atoms with Crippen LogP contribution in [0.25, 0.3) is 11.3 Å². The maximum absolute atomic E-state index is 13.0. The number of nitrogens with one attached hydrogen (secondary N) is 2. The van der Waals surface area contributed by atoms with Crippen LogP contribution in [0.2, 0.25) is 0 Å². The van der Waals surface area contributed by atoms with Crippen LogP contribution < -0.4 is 10.6 Å². The summed E-state index contributed by atoms with van der Waals surface area (Å²) in [6.07, 6.45) is 1.80. The van der Waals surface area contributed by atoms with E-state index in [4.69, 9.17) is 0 Å². The van der Waals surface area contributed by atoms with Crippen molar-refractivity contribution in [1.29, 1.82) is 0 Å². The molecule has 1 heterocycles. The second-order valence-electron chi connectivity index (χ2n) is 6.06. The smallest absolute Gasteiger partial charge is 0.225 e. The Labute approximate surface area is 153 Å². The summed E-state index contributed by atoms with van der Waals surface area (Å²) in [5.41, 5.74) is 3.00. The molecule has 5 heteroatoms. The quantitative estimate of drug-likeness (QED) is 0.615. The molecule has 26 heavy (non-hydrogen) atoms. The predicted molar refractivity (Wildman–Crippen MR) is 105 cm³/mol. The highest BCUT2D eigenvalue weighted by atomic mass is 19.1. The van der Waals surface area contributed by atoms with E-state index in [0.29, 0.717) is 12.5 Å². The lowest BCUT2D eigenvalue weighted by atomic mass is 10.1. The molecule has 0 saturated heterocycles. The van der Waals surface area contributed by atoms with Gasteiger partial charge < -0.3 is 10.6 Å². The van der Waals surface area contributed by atoms with E-state index in [1.807, 2.05) is 36.4 Å². The van der Waals surface area contributed by atoms with Crippen molar-refractivity contribution in [2.45, 2.75) is 19.8 Å². The first-order valence-corrected chi connectivity index (χ1v) is 8.91. The average molecular weight is 350 g/mol. The Bertz CT molecular complexity index is 819. The van der Waals surface area contributed by atoms with Crippen molar-refractivity contribution in [3.63, 3.8) is 0 Å². The summed E-state index contributed by atoms with van der Waals surface area (Å²) in [5.74, 6) is 1.18. The molecule has 3 rings (SSSR count). The summed E-state index contributed by atoms with van der Waals surface area (Å²) in [6.45, 7) is 3.66. The first-order chi connectivity index (χ1) is 12.7. The fourth-order valence-electron chi connectivity index (χ4n) is 2.60. The van der Waals surface area contributed by atoms with Gasteiger partial charge in [0.05, 0.1) is 5.69 Å². The SMILES string of the molecule is CCCNc1cc(-c2ccccc2)nc(NCCc2ccc(F)cc2)n1. The van der Waals surface area contributed by atoms with Gasteiger partial charge in [-0.3, -0.25) is 0 Å². The largest absolute Gasteiger partial charge is 0.370 e. The molecule has 2 aromatic carbocycles. The highest BCUT2D eigenvalue weighted by molar-refractivity contribution is 5.64. The van der Waals surface area contributed by atoms with E-state index in [9.17, 15) is 4.39 Å². The van der Waals surface area contributed by atoms with Crippen LogP contribution in [0.3, 0.4) is 0 Å². The predicted octanol–water partition coefficient (Wildman–Crippen LogP) is 4.76. The summed E-state index contributed by atoms with van der Waals surface area (Å²) in [6, 6.07) is 18.6. The van der Waals surface area contributed by atoms with Crippen molar-refractivity contribution in [3.8, 4) is 11.3 Å². The maximum atomic E-state index is 13.0. The molecule has 0 aliphatic rings. The van der Waals surface area contributed by atoms with Crippen LogP contribution in [-0.2, 0) is 6.42 Å². The second-order valence-corrected chi connectivity index (χ2v) is 6.06. The van der Waals surface area contributed by atoms with Gasteiger partial charge in [0.2, 0.25) is 5.95 Å². The summed E-state index contributed by atoms with van der Waals surface area (Å²) in [7, 11) is 0. The second kappa shape index (κ2) is 8.94. The summed E-state index contributed by atoms with van der Waals surface area (Å²) >= 11 is 0. The Morgan fingerprint density at radius 3 is 2.38 bits per heavy atom. The van der Waals surface area contributed by atoms with Gasteiger partial charge in [-0.25, -0.2) is 9.37 Å². The van der Waals surface area contributed by atoms with Gasteiger partial charge >= 0.3 is 0 Å². The summed E-state index contributed by atoms with van der Waals surface area (Å²) in [4.78, 5) is 9.18. The van der Waals surface area contributed by atoms with Crippen molar-refractivity contribution in [2.75, 3.05) is 23.7 Å². The highest BCUT2D eigenvalue weighted by Gasteiger charge is 2.06. The van der Waals surface area contributed by atoms with E-state index >= 15 is 0 Å². The minimum atomic E-state index is -0.216. The number of nitrogens with zero attached hydrogens (tertiary/aromatic N) is 2. The molecule has 0 aliphatic carbocycles. The van der Waals surface area contributed by atoms with Crippen LogP contribution >= 0.6 is 0 Å². The lowest BCUT2D eigenvalue weighted by molar-refractivity contribution is 0.627. The minimum Gasteiger partial charge on any atom is -0.370 e. The standard InChI is InChI=1S/C21H23FN4/c1-2-13-23-20-15-19(17-6-4-3-5-7-17)25-21(26-20)24-14-12-16-8-10-18(22)11-9-16/h3-11,15H,2,12-14H2,1H3,(H2,23,24,25,26). The van der Waals surface area contributed by atoms with Gasteiger partial charge in [0, 0.05) is 24.7 Å². The molecule has 134 valence electrons. The van der Waals surface area contributed by atoms with Gasteiger partial charge in [0.15, 0.2) is 0 Å². The third-order valence-electron chi connectivity index (χ3n) is 3.96. The molecule has 3 aromatic rings. The third kappa shape index (κ3) is 5.02. The number of hydrogen-bond donors (Lipinski definition) is 2. The zero-order valence-electron chi connectivity index (χ0n) is 14.9. The fraction of sp³-hybridized carbons (Fsp3) is 0.238. The fourth-order valence-corrected chi connectivity index (χ4v) is 2.60. The molecule has 0 fully saturated rings. The monoisotopic (exact) mass is 350 g/mol. The van der Waals surface area contributed by atoms with Crippen LogP contribution in [-0.4, -0.2) is 23.1 Å².